The molecule has 0 fully saturated rings. The van der Waals surface area contributed by atoms with E-state index in [2.05, 4.69) is 10.3 Å². The van der Waals surface area contributed by atoms with Gasteiger partial charge in [-0.15, -0.1) is 0 Å². The molecule has 9 nitrogen and oxygen atoms in total. The van der Waals surface area contributed by atoms with Gasteiger partial charge in [-0.25, -0.2) is 0 Å². The van der Waals surface area contributed by atoms with Crippen LogP contribution in [0.5, 0.6) is 17.2 Å². The highest BCUT2D eigenvalue weighted by Gasteiger charge is 2.35. The molecule has 1 aromatic heterocycles. The quantitative estimate of drug-likeness (QED) is 0.722. The van der Waals surface area contributed by atoms with E-state index in [1.807, 2.05) is 6.07 Å². The lowest BCUT2D eigenvalue weighted by Gasteiger charge is -2.36. The van der Waals surface area contributed by atoms with Crippen LogP contribution < -0.4 is 25.0 Å². The van der Waals surface area contributed by atoms with Crippen molar-refractivity contribution in [2.75, 3.05) is 27.9 Å². The van der Waals surface area contributed by atoms with E-state index in [4.69, 9.17) is 14.2 Å². The third-order valence-electron chi connectivity index (χ3n) is 5.08. The molecule has 0 radical (unpaired) electrons. The minimum absolute atomic E-state index is 0.0502. The van der Waals surface area contributed by atoms with Gasteiger partial charge in [0.05, 0.1) is 14.2 Å². The van der Waals surface area contributed by atoms with Crippen LogP contribution in [-0.2, 0) is 22.6 Å². The number of nitrogens with zero attached hydrogens (tertiary/aromatic N) is 1. The monoisotopic (exact) mass is 415 g/mol. The Morgan fingerprint density at radius 3 is 2.40 bits per heavy atom. The van der Waals surface area contributed by atoms with Gasteiger partial charge in [0, 0.05) is 38.0 Å². The highest BCUT2D eigenvalue weighted by Crippen LogP contribution is 2.34. The third kappa shape index (κ3) is 4.24. The maximum Gasteiger partial charge on any atom is 0.261 e. The standard InChI is InChI=1S/C21H25N3O6/c1-12-5-16(25)19(9-23-12)30-11-20(26)24-10-14-8-18(29-4)17(28-3)7-13(14)6-15(24)21(27)22-2/h5,7-9,15H,6,10-11H2,1-4H3,(H,22,27)(H,23,25). The summed E-state index contributed by atoms with van der Waals surface area (Å²) in [5, 5.41) is 2.61. The van der Waals surface area contributed by atoms with Gasteiger partial charge in [-0.05, 0) is 30.2 Å². The molecule has 3 rings (SSSR count). The first kappa shape index (κ1) is 21.2. The van der Waals surface area contributed by atoms with Crippen molar-refractivity contribution >= 4 is 11.8 Å². The summed E-state index contributed by atoms with van der Waals surface area (Å²) in [5.41, 5.74) is 2.13. The molecule has 2 heterocycles. The predicted molar refractivity (Wildman–Crippen MR) is 109 cm³/mol. The van der Waals surface area contributed by atoms with Crippen LogP contribution in [-0.4, -0.2) is 55.6 Å². The Labute approximate surface area is 173 Å². The molecule has 1 atom stereocenters. The number of nitrogens with one attached hydrogen (secondary N) is 2. The van der Waals surface area contributed by atoms with Crippen LogP contribution in [0.2, 0.25) is 0 Å². The number of amides is 2. The fourth-order valence-electron chi connectivity index (χ4n) is 3.47. The summed E-state index contributed by atoms with van der Waals surface area (Å²) in [7, 11) is 4.61. The Morgan fingerprint density at radius 1 is 1.13 bits per heavy atom. The second-order valence-electron chi connectivity index (χ2n) is 6.96. The van der Waals surface area contributed by atoms with Crippen molar-refractivity contribution in [3.63, 3.8) is 0 Å². The van der Waals surface area contributed by atoms with Crippen LogP contribution in [0.25, 0.3) is 0 Å². The number of hydrogen-bond acceptors (Lipinski definition) is 6. The molecule has 2 aromatic rings. The molecular formula is C21H25N3O6. The molecule has 1 unspecified atom stereocenters. The number of pyridine rings is 1. The van der Waals surface area contributed by atoms with Gasteiger partial charge in [0.15, 0.2) is 23.9 Å². The zero-order valence-corrected chi connectivity index (χ0v) is 17.4. The Kier molecular flexibility index (Phi) is 6.29. The van der Waals surface area contributed by atoms with Crippen LogP contribution in [0, 0.1) is 6.92 Å². The zero-order valence-electron chi connectivity index (χ0n) is 17.4. The molecule has 9 heteroatoms. The smallest absolute Gasteiger partial charge is 0.261 e. The second kappa shape index (κ2) is 8.89. The largest absolute Gasteiger partial charge is 0.493 e. The minimum atomic E-state index is -0.701. The van der Waals surface area contributed by atoms with E-state index in [1.165, 1.54) is 31.3 Å². The lowest BCUT2D eigenvalue weighted by atomic mass is 9.92. The van der Waals surface area contributed by atoms with Crippen molar-refractivity contribution in [2.45, 2.75) is 25.9 Å². The summed E-state index contributed by atoms with van der Waals surface area (Å²) in [6.45, 7) is 1.60. The van der Waals surface area contributed by atoms with E-state index in [-0.39, 0.29) is 30.2 Å². The summed E-state index contributed by atoms with van der Waals surface area (Å²) in [6.07, 6.45) is 1.75. The number of carbonyl (C=O) groups is 2. The second-order valence-corrected chi connectivity index (χ2v) is 6.96. The molecule has 1 aliphatic heterocycles. The maximum absolute atomic E-state index is 12.9. The van der Waals surface area contributed by atoms with Crippen LogP contribution in [0.3, 0.4) is 0 Å². The first-order valence-electron chi connectivity index (χ1n) is 9.44. The summed E-state index contributed by atoms with van der Waals surface area (Å²) < 4.78 is 16.1. The molecular weight excluding hydrogens is 390 g/mol. The minimum Gasteiger partial charge on any atom is -0.493 e. The van der Waals surface area contributed by atoms with Gasteiger partial charge in [0.1, 0.15) is 6.04 Å². The number of aromatic nitrogens is 1. The lowest BCUT2D eigenvalue weighted by molar-refractivity contribution is -0.143. The molecule has 2 amide bonds. The highest BCUT2D eigenvalue weighted by molar-refractivity contribution is 5.89. The van der Waals surface area contributed by atoms with E-state index < -0.39 is 11.9 Å². The summed E-state index contributed by atoms with van der Waals surface area (Å²) in [5.74, 6) is 0.480. The van der Waals surface area contributed by atoms with E-state index in [9.17, 15) is 14.4 Å². The number of fused-ring (bicyclic) bond motifs is 1. The number of aromatic amines is 1. The summed E-state index contributed by atoms with van der Waals surface area (Å²) in [6, 6.07) is 4.33. The Hall–Kier alpha value is -3.49. The van der Waals surface area contributed by atoms with Crippen LogP contribution in [0.1, 0.15) is 16.8 Å². The topological polar surface area (TPSA) is 110 Å². The number of methoxy groups -OCH3 is 2. The third-order valence-corrected chi connectivity index (χ3v) is 5.08. The lowest BCUT2D eigenvalue weighted by Crippen LogP contribution is -2.53. The molecule has 0 saturated heterocycles. The highest BCUT2D eigenvalue weighted by atomic mass is 16.5. The van der Waals surface area contributed by atoms with E-state index >= 15 is 0 Å². The van der Waals surface area contributed by atoms with Gasteiger partial charge in [0.25, 0.3) is 5.91 Å². The van der Waals surface area contributed by atoms with Crippen molar-refractivity contribution < 1.29 is 23.8 Å². The number of ether oxygens (including phenoxy) is 3. The fraction of sp³-hybridized carbons (Fsp3) is 0.381. The number of hydrogen-bond donors (Lipinski definition) is 2. The molecule has 0 spiro atoms. The molecule has 1 aromatic carbocycles. The van der Waals surface area contributed by atoms with Gasteiger partial charge >= 0.3 is 0 Å². The molecule has 0 bridgehead atoms. The van der Waals surface area contributed by atoms with E-state index in [0.717, 1.165) is 11.1 Å². The number of H-pyrrole nitrogens is 1. The number of aryl methyl sites for hydroxylation is 1. The van der Waals surface area contributed by atoms with Gasteiger partial charge in [-0.3, -0.25) is 14.4 Å². The van der Waals surface area contributed by atoms with Gasteiger partial charge in [-0.2, -0.15) is 0 Å². The summed E-state index contributed by atoms with van der Waals surface area (Å²) >= 11 is 0. The van der Waals surface area contributed by atoms with E-state index in [1.54, 1.807) is 20.1 Å². The first-order chi connectivity index (χ1) is 14.4. The maximum atomic E-state index is 12.9. The number of rotatable bonds is 6. The number of benzene rings is 1. The van der Waals surface area contributed by atoms with E-state index in [0.29, 0.717) is 23.6 Å². The molecule has 1 aliphatic rings. The molecule has 30 heavy (non-hydrogen) atoms. The average Bonchev–Trinajstić information content (AvgIpc) is 2.75. The SMILES string of the molecule is CNC(=O)C1Cc2cc(OC)c(OC)cc2CN1C(=O)COc1c[nH]c(C)cc1=O. The molecule has 160 valence electrons. The predicted octanol–water partition coefficient (Wildman–Crippen LogP) is 0.779. The Morgan fingerprint density at radius 2 is 1.80 bits per heavy atom. The molecule has 2 N–H and O–H groups in total. The van der Waals surface area contributed by atoms with Gasteiger partial charge in [-0.1, -0.05) is 0 Å². The van der Waals surface area contributed by atoms with Crippen LogP contribution in [0.15, 0.2) is 29.2 Å². The van der Waals surface area contributed by atoms with Crippen molar-refractivity contribution in [1.82, 2.24) is 15.2 Å². The van der Waals surface area contributed by atoms with Crippen molar-refractivity contribution in [2.24, 2.45) is 0 Å². The molecule has 0 saturated carbocycles. The average molecular weight is 415 g/mol. The fourth-order valence-corrected chi connectivity index (χ4v) is 3.47. The van der Waals surface area contributed by atoms with Crippen LogP contribution in [0.4, 0.5) is 0 Å². The van der Waals surface area contributed by atoms with Crippen molar-refractivity contribution in [1.29, 1.82) is 0 Å². The first-order valence-corrected chi connectivity index (χ1v) is 9.44. The summed E-state index contributed by atoms with van der Waals surface area (Å²) in [4.78, 5) is 41.7. The normalized spacial score (nSPS) is 15.2. The molecule has 0 aliphatic carbocycles. The van der Waals surface area contributed by atoms with Crippen molar-refractivity contribution in [3.8, 4) is 17.2 Å². The van der Waals surface area contributed by atoms with Crippen LogP contribution >= 0.6 is 0 Å². The zero-order chi connectivity index (χ0) is 21.8. The number of carbonyl (C=O) groups excluding carboxylic acids is 2. The Bertz CT molecular complexity index is 1020. The van der Waals surface area contributed by atoms with Gasteiger partial charge < -0.3 is 29.4 Å². The number of likely N-dealkylation sites (N-methyl/N-ethyl adjacent to an activating group) is 1. The van der Waals surface area contributed by atoms with Crippen molar-refractivity contribution in [3.05, 3.63) is 51.4 Å². The Balaban J connectivity index is 1.85. The van der Waals surface area contributed by atoms with Gasteiger partial charge in [0.2, 0.25) is 11.3 Å².